The molecule has 1 aliphatic heterocycles. The van der Waals surface area contributed by atoms with Gasteiger partial charge in [-0.2, -0.15) is 5.10 Å². The molecule has 1 fully saturated rings. The van der Waals surface area contributed by atoms with Gasteiger partial charge in [-0.25, -0.2) is 9.67 Å². The van der Waals surface area contributed by atoms with Crippen molar-refractivity contribution in [3.8, 4) is 11.4 Å². The Hall–Kier alpha value is -3.39. The highest BCUT2D eigenvalue weighted by Crippen LogP contribution is 2.31. The second-order valence-corrected chi connectivity index (χ2v) is 7.28. The fraction of sp³-hybridized carbons (Fsp3) is 0.286. The monoisotopic (exact) mass is 386 g/mol. The number of aromatic amines is 1. The Balaban J connectivity index is 1.33. The molecule has 1 aliphatic rings. The molecule has 0 radical (unpaired) electrons. The van der Waals surface area contributed by atoms with Crippen molar-refractivity contribution >= 4 is 0 Å². The number of tetrazole rings is 1. The number of likely N-dealkylation sites (tertiary alicyclic amines) is 1. The van der Waals surface area contributed by atoms with Crippen LogP contribution >= 0.6 is 0 Å². The lowest BCUT2D eigenvalue weighted by Crippen LogP contribution is -2.26. The molecule has 0 aliphatic carbocycles. The third-order valence-corrected chi connectivity index (χ3v) is 5.34. The van der Waals surface area contributed by atoms with Gasteiger partial charge in [-0.15, -0.1) is 5.10 Å². The Labute approximate surface area is 168 Å². The first-order valence-electron chi connectivity index (χ1n) is 9.87. The van der Waals surface area contributed by atoms with Crippen LogP contribution in [0.1, 0.15) is 36.1 Å². The topological polar surface area (TPSA) is 88.4 Å². The highest BCUT2D eigenvalue weighted by atomic mass is 15.5. The van der Waals surface area contributed by atoms with Gasteiger partial charge >= 0.3 is 0 Å². The zero-order valence-corrected chi connectivity index (χ0v) is 16.0. The molecule has 2 aromatic carbocycles. The van der Waals surface area contributed by atoms with Crippen LogP contribution in [0.15, 0.2) is 60.7 Å². The van der Waals surface area contributed by atoms with E-state index in [0.717, 1.165) is 42.4 Å². The van der Waals surface area contributed by atoms with E-state index in [4.69, 9.17) is 4.98 Å². The molecule has 2 aromatic heterocycles. The summed E-state index contributed by atoms with van der Waals surface area (Å²) in [5.41, 5.74) is 2.20. The summed E-state index contributed by atoms with van der Waals surface area (Å²) in [4.78, 5) is 7.14. The zero-order valence-electron chi connectivity index (χ0n) is 16.0. The Morgan fingerprint density at radius 3 is 2.59 bits per heavy atom. The largest absolute Gasteiger partial charge is 0.286 e. The number of H-pyrrole nitrogens is 1. The minimum Gasteiger partial charge on any atom is -0.286 e. The molecule has 146 valence electrons. The van der Waals surface area contributed by atoms with E-state index in [1.807, 2.05) is 53.2 Å². The average molecular weight is 386 g/mol. The Kier molecular flexibility index (Phi) is 4.83. The van der Waals surface area contributed by atoms with Gasteiger partial charge in [0.15, 0.2) is 11.6 Å². The van der Waals surface area contributed by atoms with Crippen LogP contribution in [-0.4, -0.2) is 46.8 Å². The lowest BCUT2D eigenvalue weighted by molar-refractivity contribution is 0.230. The van der Waals surface area contributed by atoms with E-state index in [0.29, 0.717) is 13.1 Å². The molecule has 1 unspecified atom stereocenters. The first-order chi connectivity index (χ1) is 14.4. The van der Waals surface area contributed by atoms with Crippen LogP contribution in [-0.2, 0) is 13.1 Å². The van der Waals surface area contributed by atoms with Gasteiger partial charge in [-0.1, -0.05) is 60.7 Å². The van der Waals surface area contributed by atoms with E-state index < -0.39 is 0 Å². The molecule has 8 nitrogen and oxygen atoms in total. The summed E-state index contributed by atoms with van der Waals surface area (Å²) in [6.07, 6.45) is 2.16. The van der Waals surface area contributed by atoms with Crippen molar-refractivity contribution < 1.29 is 0 Å². The fourth-order valence-electron chi connectivity index (χ4n) is 3.86. The van der Waals surface area contributed by atoms with Crippen LogP contribution < -0.4 is 0 Å². The Morgan fingerprint density at radius 1 is 0.966 bits per heavy atom. The maximum Gasteiger partial charge on any atom is 0.181 e. The molecular weight excluding hydrogens is 364 g/mol. The quantitative estimate of drug-likeness (QED) is 0.548. The van der Waals surface area contributed by atoms with Gasteiger partial charge in [-0.3, -0.25) is 10.00 Å². The van der Waals surface area contributed by atoms with E-state index in [1.54, 1.807) is 0 Å². The molecule has 0 amide bonds. The summed E-state index contributed by atoms with van der Waals surface area (Å²) < 4.78 is 1.88. The van der Waals surface area contributed by atoms with Gasteiger partial charge < -0.3 is 0 Å². The minimum atomic E-state index is 0.196. The predicted molar refractivity (Wildman–Crippen MR) is 108 cm³/mol. The molecule has 29 heavy (non-hydrogen) atoms. The van der Waals surface area contributed by atoms with Gasteiger partial charge in [0.1, 0.15) is 5.82 Å². The van der Waals surface area contributed by atoms with Crippen molar-refractivity contribution in [3.63, 3.8) is 0 Å². The average Bonchev–Trinajstić information content (AvgIpc) is 3.51. The smallest absolute Gasteiger partial charge is 0.181 e. The summed E-state index contributed by atoms with van der Waals surface area (Å²) in [6.45, 7) is 2.35. The SMILES string of the molecule is c1ccc(Cn2nnnc2CN2CCCC2c2nc(-c3ccccc3)n[nH]2)cc1. The van der Waals surface area contributed by atoms with Gasteiger partial charge in [0, 0.05) is 5.56 Å². The number of nitrogens with one attached hydrogen (secondary N) is 1. The van der Waals surface area contributed by atoms with Crippen LogP contribution in [0, 0.1) is 0 Å². The van der Waals surface area contributed by atoms with E-state index in [9.17, 15) is 0 Å². The lowest BCUT2D eigenvalue weighted by atomic mass is 10.2. The van der Waals surface area contributed by atoms with Crippen molar-refractivity contribution in [1.82, 2.24) is 40.3 Å². The van der Waals surface area contributed by atoms with Gasteiger partial charge in [0.05, 0.1) is 19.1 Å². The molecule has 4 aromatic rings. The van der Waals surface area contributed by atoms with E-state index in [-0.39, 0.29) is 6.04 Å². The minimum absolute atomic E-state index is 0.196. The van der Waals surface area contributed by atoms with Gasteiger partial charge in [-0.05, 0) is 35.4 Å². The third-order valence-electron chi connectivity index (χ3n) is 5.34. The summed E-state index contributed by atoms with van der Waals surface area (Å²) in [5, 5.41) is 19.9. The van der Waals surface area contributed by atoms with Crippen LogP contribution in [0.3, 0.4) is 0 Å². The van der Waals surface area contributed by atoms with E-state index >= 15 is 0 Å². The van der Waals surface area contributed by atoms with Gasteiger partial charge in [0.2, 0.25) is 0 Å². The molecule has 1 atom stereocenters. The highest BCUT2D eigenvalue weighted by Gasteiger charge is 2.30. The molecule has 8 heteroatoms. The second-order valence-electron chi connectivity index (χ2n) is 7.28. The van der Waals surface area contributed by atoms with Crippen molar-refractivity contribution in [3.05, 3.63) is 77.9 Å². The Bertz CT molecular complexity index is 1060. The Morgan fingerprint density at radius 2 is 1.76 bits per heavy atom. The first-order valence-corrected chi connectivity index (χ1v) is 9.87. The van der Waals surface area contributed by atoms with Crippen LogP contribution in [0.5, 0.6) is 0 Å². The first kappa shape index (κ1) is 17.7. The molecule has 0 bridgehead atoms. The number of hydrogen-bond acceptors (Lipinski definition) is 6. The van der Waals surface area contributed by atoms with Crippen LogP contribution in [0.4, 0.5) is 0 Å². The summed E-state index contributed by atoms with van der Waals surface area (Å²) in [5.74, 6) is 2.51. The number of nitrogens with zero attached hydrogens (tertiary/aromatic N) is 7. The molecule has 0 saturated carbocycles. The van der Waals surface area contributed by atoms with Crippen LogP contribution in [0.2, 0.25) is 0 Å². The zero-order chi connectivity index (χ0) is 19.5. The van der Waals surface area contributed by atoms with Crippen molar-refractivity contribution in [2.45, 2.75) is 32.0 Å². The fourth-order valence-corrected chi connectivity index (χ4v) is 3.86. The third kappa shape index (κ3) is 3.79. The maximum atomic E-state index is 4.77. The molecular formula is C21H22N8. The second kappa shape index (κ2) is 7.92. The predicted octanol–water partition coefficient (Wildman–Crippen LogP) is 2.84. The van der Waals surface area contributed by atoms with Crippen molar-refractivity contribution in [2.24, 2.45) is 0 Å². The van der Waals surface area contributed by atoms with Crippen molar-refractivity contribution in [1.29, 1.82) is 0 Å². The lowest BCUT2D eigenvalue weighted by Gasteiger charge is -2.21. The molecule has 1 N–H and O–H groups in total. The highest BCUT2D eigenvalue weighted by molar-refractivity contribution is 5.53. The standard InChI is InChI=1S/C21H22N8/c1-3-8-16(9-4-1)14-29-19(23-26-27-29)15-28-13-7-12-18(28)21-22-20(24-25-21)17-10-5-2-6-11-17/h1-6,8-11,18H,7,12-15H2,(H,22,24,25). The maximum absolute atomic E-state index is 4.77. The van der Waals surface area contributed by atoms with Gasteiger partial charge in [0.25, 0.3) is 0 Å². The molecule has 0 spiro atoms. The van der Waals surface area contributed by atoms with E-state index in [1.165, 1.54) is 5.56 Å². The number of aromatic nitrogens is 7. The number of benzene rings is 2. The molecule has 1 saturated heterocycles. The van der Waals surface area contributed by atoms with Crippen LogP contribution in [0.25, 0.3) is 11.4 Å². The number of rotatable bonds is 6. The van der Waals surface area contributed by atoms with Crippen molar-refractivity contribution in [2.75, 3.05) is 6.54 Å². The van der Waals surface area contributed by atoms with E-state index in [2.05, 4.69) is 42.8 Å². The summed E-state index contributed by atoms with van der Waals surface area (Å²) in [7, 11) is 0. The molecule has 5 rings (SSSR count). The summed E-state index contributed by atoms with van der Waals surface area (Å²) >= 11 is 0. The summed E-state index contributed by atoms with van der Waals surface area (Å²) in [6, 6.07) is 20.5. The normalized spacial score (nSPS) is 17.0. The number of hydrogen-bond donors (Lipinski definition) is 1. The molecule has 3 heterocycles.